The van der Waals surface area contributed by atoms with Gasteiger partial charge in [-0.1, -0.05) is 0 Å². The number of aliphatic hydroxyl groups is 1. The lowest BCUT2D eigenvalue weighted by Gasteiger charge is -2.26. The van der Waals surface area contributed by atoms with Crippen LogP contribution in [0.4, 0.5) is 0 Å². The maximum Gasteiger partial charge on any atom is 0.151 e. The normalized spacial score (nSPS) is 36.9. The zero-order chi connectivity index (χ0) is 8.48. The molecule has 0 aromatic rings. The third-order valence-corrected chi connectivity index (χ3v) is 3.84. The van der Waals surface area contributed by atoms with Gasteiger partial charge in [0.25, 0.3) is 0 Å². The first-order chi connectivity index (χ1) is 5.05. The third kappa shape index (κ3) is 2.15. The van der Waals surface area contributed by atoms with Crippen LogP contribution in [-0.2, 0) is 9.84 Å². The average Bonchev–Trinajstić information content (AvgIpc) is 1.86. The molecule has 66 valence electrons. The van der Waals surface area contributed by atoms with Crippen molar-refractivity contribution in [1.82, 2.24) is 0 Å². The maximum absolute atomic E-state index is 11.0. The largest absolute Gasteiger partial charge is 0.396 e. The lowest BCUT2D eigenvalue weighted by atomic mass is 10.00. The van der Waals surface area contributed by atoms with Gasteiger partial charge in [0, 0.05) is 12.6 Å². The van der Waals surface area contributed by atoms with Gasteiger partial charge in [-0.15, -0.1) is 0 Å². The average molecular weight is 179 g/mol. The Bertz CT molecular complexity index is 224. The Labute approximate surface area is 66.3 Å². The summed E-state index contributed by atoms with van der Waals surface area (Å²) in [5, 5.41) is 8.76. The van der Waals surface area contributed by atoms with Gasteiger partial charge in [-0.25, -0.2) is 8.42 Å². The number of aliphatic hydroxyl groups excluding tert-OH is 1. The number of rotatable bonds is 1. The van der Waals surface area contributed by atoms with E-state index in [0.29, 0.717) is 6.42 Å². The Morgan fingerprint density at radius 3 is 2.64 bits per heavy atom. The molecule has 1 heterocycles. The molecule has 0 aromatic heterocycles. The molecule has 0 spiro atoms. The summed E-state index contributed by atoms with van der Waals surface area (Å²) in [6, 6.07) is -0.376. The fraction of sp³-hybridized carbons (Fsp3) is 1.00. The summed E-state index contributed by atoms with van der Waals surface area (Å²) in [7, 11) is -2.91. The predicted octanol–water partition coefficient (Wildman–Crippen LogP) is -1.26. The molecule has 0 saturated carbocycles. The van der Waals surface area contributed by atoms with Gasteiger partial charge in [0.05, 0.1) is 11.5 Å². The van der Waals surface area contributed by atoms with Gasteiger partial charge in [0.15, 0.2) is 9.84 Å². The van der Waals surface area contributed by atoms with Gasteiger partial charge in [0.2, 0.25) is 0 Å². The molecule has 3 N–H and O–H groups in total. The molecule has 1 saturated heterocycles. The Balaban J connectivity index is 2.62. The van der Waals surface area contributed by atoms with E-state index < -0.39 is 9.84 Å². The highest BCUT2D eigenvalue weighted by Crippen LogP contribution is 2.16. The van der Waals surface area contributed by atoms with Crippen LogP contribution in [0, 0.1) is 5.92 Å². The monoisotopic (exact) mass is 179 g/mol. The van der Waals surface area contributed by atoms with E-state index in [1.54, 1.807) is 0 Å². The Kier molecular flexibility index (Phi) is 2.51. The molecule has 11 heavy (non-hydrogen) atoms. The topological polar surface area (TPSA) is 80.4 Å². The summed E-state index contributed by atoms with van der Waals surface area (Å²) < 4.78 is 21.9. The van der Waals surface area contributed by atoms with E-state index in [4.69, 9.17) is 10.8 Å². The van der Waals surface area contributed by atoms with E-state index >= 15 is 0 Å². The fourth-order valence-electron chi connectivity index (χ4n) is 1.28. The van der Waals surface area contributed by atoms with Crippen LogP contribution in [-0.4, -0.2) is 37.7 Å². The molecule has 0 amide bonds. The van der Waals surface area contributed by atoms with Crippen molar-refractivity contribution in [3.8, 4) is 0 Å². The van der Waals surface area contributed by atoms with Crippen molar-refractivity contribution in [2.45, 2.75) is 12.5 Å². The van der Waals surface area contributed by atoms with Crippen LogP contribution in [0.15, 0.2) is 0 Å². The Morgan fingerprint density at radius 2 is 2.18 bits per heavy atom. The molecule has 1 rings (SSSR count). The minimum atomic E-state index is -2.91. The minimum Gasteiger partial charge on any atom is -0.396 e. The lowest BCUT2D eigenvalue weighted by molar-refractivity contribution is 0.202. The summed E-state index contributed by atoms with van der Waals surface area (Å²) in [5.41, 5.74) is 5.53. The van der Waals surface area contributed by atoms with Crippen LogP contribution >= 0.6 is 0 Å². The highest BCUT2D eigenvalue weighted by Gasteiger charge is 2.29. The zero-order valence-electron chi connectivity index (χ0n) is 6.23. The van der Waals surface area contributed by atoms with Gasteiger partial charge in [-0.3, -0.25) is 0 Å². The predicted molar refractivity (Wildman–Crippen MR) is 41.8 cm³/mol. The van der Waals surface area contributed by atoms with Crippen molar-refractivity contribution in [3.05, 3.63) is 0 Å². The van der Waals surface area contributed by atoms with Crippen LogP contribution in [0.1, 0.15) is 6.42 Å². The first-order valence-corrected chi connectivity index (χ1v) is 5.44. The van der Waals surface area contributed by atoms with Crippen molar-refractivity contribution < 1.29 is 13.5 Å². The lowest BCUT2D eigenvalue weighted by Crippen LogP contribution is -2.44. The first-order valence-electron chi connectivity index (χ1n) is 3.62. The fourth-order valence-corrected chi connectivity index (χ4v) is 2.97. The summed E-state index contributed by atoms with van der Waals surface area (Å²) in [6.07, 6.45) is 0.500. The van der Waals surface area contributed by atoms with E-state index in [2.05, 4.69) is 0 Å². The second-order valence-corrected chi connectivity index (χ2v) is 5.24. The van der Waals surface area contributed by atoms with Gasteiger partial charge >= 0.3 is 0 Å². The highest BCUT2D eigenvalue weighted by molar-refractivity contribution is 7.91. The molecule has 0 aliphatic carbocycles. The summed E-state index contributed by atoms with van der Waals surface area (Å²) in [4.78, 5) is 0. The molecule has 0 aromatic carbocycles. The summed E-state index contributed by atoms with van der Waals surface area (Å²) in [5.74, 6) is 0.169. The highest BCUT2D eigenvalue weighted by atomic mass is 32.2. The Hall–Kier alpha value is -0.130. The molecule has 2 atom stereocenters. The maximum atomic E-state index is 11.0. The SMILES string of the molecule is N[C@@H]1CS(=O)(=O)CC[C@@H]1CO. The molecular weight excluding hydrogens is 166 g/mol. The first kappa shape index (κ1) is 8.96. The summed E-state index contributed by atoms with van der Waals surface area (Å²) in [6.45, 7) is -0.00329. The van der Waals surface area contributed by atoms with Crippen molar-refractivity contribution >= 4 is 9.84 Å². The third-order valence-electron chi connectivity index (χ3n) is 2.09. The number of sulfone groups is 1. The van der Waals surface area contributed by atoms with E-state index in [-0.39, 0.29) is 30.1 Å². The second-order valence-electron chi connectivity index (χ2n) is 3.01. The van der Waals surface area contributed by atoms with E-state index in [0.717, 1.165) is 0 Å². The van der Waals surface area contributed by atoms with Gasteiger partial charge in [-0.05, 0) is 12.3 Å². The van der Waals surface area contributed by atoms with Crippen LogP contribution in [0.25, 0.3) is 0 Å². The van der Waals surface area contributed by atoms with Crippen LogP contribution < -0.4 is 5.73 Å². The minimum absolute atomic E-state index is 0.00329. The molecule has 0 bridgehead atoms. The molecule has 1 aliphatic heterocycles. The summed E-state index contributed by atoms with van der Waals surface area (Å²) >= 11 is 0. The van der Waals surface area contributed by atoms with E-state index in [1.165, 1.54) is 0 Å². The van der Waals surface area contributed by atoms with E-state index in [9.17, 15) is 8.42 Å². The van der Waals surface area contributed by atoms with E-state index in [1.807, 2.05) is 0 Å². The van der Waals surface area contributed by atoms with Crippen molar-refractivity contribution in [2.24, 2.45) is 11.7 Å². The van der Waals surface area contributed by atoms with Gasteiger partial charge < -0.3 is 10.8 Å². The van der Waals surface area contributed by atoms with Crippen LogP contribution in [0.2, 0.25) is 0 Å². The molecule has 0 radical (unpaired) electrons. The molecule has 1 fully saturated rings. The van der Waals surface area contributed by atoms with Crippen LogP contribution in [0.3, 0.4) is 0 Å². The molecule has 5 heteroatoms. The second kappa shape index (κ2) is 3.08. The Morgan fingerprint density at radius 1 is 1.55 bits per heavy atom. The zero-order valence-corrected chi connectivity index (χ0v) is 7.05. The quantitative estimate of drug-likeness (QED) is 0.526. The van der Waals surface area contributed by atoms with Gasteiger partial charge in [0.1, 0.15) is 0 Å². The standard InChI is InChI=1S/C6H13NO3S/c7-6-4-11(9,10)2-1-5(6)3-8/h5-6,8H,1-4,7H2/t5-,6-/m1/s1. The van der Waals surface area contributed by atoms with Crippen molar-refractivity contribution in [1.29, 1.82) is 0 Å². The van der Waals surface area contributed by atoms with Crippen molar-refractivity contribution in [3.63, 3.8) is 0 Å². The number of hydrogen-bond donors (Lipinski definition) is 2. The van der Waals surface area contributed by atoms with Crippen molar-refractivity contribution in [2.75, 3.05) is 18.1 Å². The molecular formula is C6H13NO3S. The van der Waals surface area contributed by atoms with Crippen LogP contribution in [0.5, 0.6) is 0 Å². The molecule has 0 unspecified atom stereocenters. The number of nitrogens with two attached hydrogens (primary N) is 1. The molecule has 1 aliphatic rings. The van der Waals surface area contributed by atoms with Gasteiger partial charge in [-0.2, -0.15) is 0 Å². The molecule has 4 nitrogen and oxygen atoms in total. The smallest absolute Gasteiger partial charge is 0.151 e. The number of hydrogen-bond acceptors (Lipinski definition) is 4.